The zero-order chi connectivity index (χ0) is 10.6. The van der Waals surface area contributed by atoms with Crippen molar-refractivity contribution in [2.24, 2.45) is 11.7 Å². The minimum atomic E-state index is 0.267. The summed E-state index contributed by atoms with van der Waals surface area (Å²) in [6.07, 6.45) is 1.99. The van der Waals surface area contributed by atoms with Crippen LogP contribution in [0.5, 0.6) is 5.75 Å². The van der Waals surface area contributed by atoms with E-state index in [4.69, 9.17) is 10.8 Å². The molecule has 2 heteroatoms. The highest BCUT2D eigenvalue weighted by atomic mass is 16.3. The Labute approximate surface area is 85.8 Å². The van der Waals surface area contributed by atoms with Gasteiger partial charge in [0.05, 0.1) is 0 Å². The number of hydrogen-bond donors (Lipinski definition) is 2. The van der Waals surface area contributed by atoms with Gasteiger partial charge in [0.15, 0.2) is 0 Å². The van der Waals surface area contributed by atoms with E-state index in [1.807, 2.05) is 12.1 Å². The largest absolute Gasteiger partial charge is 0.508 e. The molecule has 1 aromatic carbocycles. The number of nitrogens with two attached hydrogens (primary N) is 1. The molecule has 0 saturated carbocycles. The Hall–Kier alpha value is -1.02. The zero-order valence-corrected chi connectivity index (χ0v) is 8.90. The van der Waals surface area contributed by atoms with Crippen LogP contribution in [-0.2, 0) is 6.42 Å². The van der Waals surface area contributed by atoms with Crippen LogP contribution in [0.2, 0.25) is 0 Å². The summed E-state index contributed by atoms with van der Waals surface area (Å²) >= 11 is 0. The lowest BCUT2D eigenvalue weighted by Crippen LogP contribution is -2.28. The first-order valence-corrected chi connectivity index (χ1v) is 5.17. The summed E-state index contributed by atoms with van der Waals surface area (Å²) in [5.41, 5.74) is 7.18. The third-order valence-electron chi connectivity index (χ3n) is 2.70. The topological polar surface area (TPSA) is 46.2 Å². The Bertz CT molecular complexity index is 268. The van der Waals surface area contributed by atoms with E-state index in [2.05, 4.69) is 13.8 Å². The molecule has 0 spiro atoms. The van der Waals surface area contributed by atoms with Gasteiger partial charge >= 0.3 is 0 Å². The maximum Gasteiger partial charge on any atom is 0.115 e. The maximum atomic E-state index is 9.12. The lowest BCUT2D eigenvalue weighted by Gasteiger charge is -2.18. The quantitative estimate of drug-likeness (QED) is 0.770. The van der Waals surface area contributed by atoms with E-state index >= 15 is 0 Å². The van der Waals surface area contributed by atoms with Crippen molar-refractivity contribution in [3.05, 3.63) is 29.8 Å². The third kappa shape index (κ3) is 3.04. The molecule has 0 bridgehead atoms. The molecule has 0 aliphatic heterocycles. The van der Waals surface area contributed by atoms with Gasteiger partial charge in [-0.15, -0.1) is 0 Å². The van der Waals surface area contributed by atoms with E-state index in [9.17, 15) is 0 Å². The lowest BCUT2D eigenvalue weighted by atomic mass is 9.93. The highest BCUT2D eigenvalue weighted by Gasteiger charge is 2.10. The summed E-state index contributed by atoms with van der Waals surface area (Å²) in [5.74, 6) is 0.811. The zero-order valence-electron chi connectivity index (χ0n) is 8.90. The average molecular weight is 193 g/mol. The minimum absolute atomic E-state index is 0.267. The Morgan fingerprint density at radius 2 is 1.86 bits per heavy atom. The van der Waals surface area contributed by atoms with Crippen LogP contribution in [0.1, 0.15) is 25.8 Å². The molecule has 2 atom stereocenters. The summed E-state index contributed by atoms with van der Waals surface area (Å²) < 4.78 is 0. The van der Waals surface area contributed by atoms with Crippen molar-refractivity contribution in [3.8, 4) is 5.75 Å². The molecule has 0 fully saturated rings. The summed E-state index contributed by atoms with van der Waals surface area (Å²) in [6, 6.07) is 7.62. The van der Waals surface area contributed by atoms with Crippen molar-refractivity contribution in [2.75, 3.05) is 0 Å². The molecule has 0 amide bonds. The van der Waals surface area contributed by atoms with Gasteiger partial charge < -0.3 is 10.8 Å². The Morgan fingerprint density at radius 1 is 1.29 bits per heavy atom. The first kappa shape index (κ1) is 11.1. The lowest BCUT2D eigenvalue weighted by molar-refractivity contribution is 0.441. The van der Waals surface area contributed by atoms with Crippen molar-refractivity contribution in [1.29, 1.82) is 0 Å². The van der Waals surface area contributed by atoms with Gasteiger partial charge in [-0.05, 0) is 36.5 Å². The Balaban J connectivity index is 2.56. The van der Waals surface area contributed by atoms with Gasteiger partial charge in [-0.3, -0.25) is 0 Å². The standard InChI is InChI=1S/C12H19NO/c1-3-12(13)9(2)8-10-4-6-11(14)7-5-10/h4-7,9,12,14H,3,8,13H2,1-2H3. The summed E-state index contributed by atoms with van der Waals surface area (Å²) in [5, 5.41) is 9.12. The fourth-order valence-electron chi connectivity index (χ4n) is 1.56. The van der Waals surface area contributed by atoms with E-state index in [-0.39, 0.29) is 6.04 Å². The maximum absolute atomic E-state index is 9.12. The smallest absolute Gasteiger partial charge is 0.115 e. The molecule has 1 aromatic rings. The first-order valence-electron chi connectivity index (χ1n) is 5.17. The third-order valence-corrected chi connectivity index (χ3v) is 2.70. The fourth-order valence-corrected chi connectivity index (χ4v) is 1.56. The van der Waals surface area contributed by atoms with Crippen molar-refractivity contribution in [3.63, 3.8) is 0 Å². The Morgan fingerprint density at radius 3 is 2.36 bits per heavy atom. The van der Waals surface area contributed by atoms with Crippen LogP contribution in [0.15, 0.2) is 24.3 Å². The van der Waals surface area contributed by atoms with Crippen molar-refractivity contribution >= 4 is 0 Å². The monoisotopic (exact) mass is 193 g/mol. The number of phenolic OH excluding ortho intramolecular Hbond substituents is 1. The molecule has 3 N–H and O–H groups in total. The van der Waals surface area contributed by atoms with E-state index in [1.54, 1.807) is 12.1 Å². The van der Waals surface area contributed by atoms with E-state index in [1.165, 1.54) is 5.56 Å². The van der Waals surface area contributed by atoms with Crippen LogP contribution in [0.25, 0.3) is 0 Å². The number of phenols is 1. The SMILES string of the molecule is CCC(N)C(C)Cc1ccc(O)cc1. The van der Waals surface area contributed by atoms with Crippen LogP contribution >= 0.6 is 0 Å². The van der Waals surface area contributed by atoms with E-state index < -0.39 is 0 Å². The van der Waals surface area contributed by atoms with Crippen LogP contribution in [0, 0.1) is 5.92 Å². The second-order valence-electron chi connectivity index (χ2n) is 3.92. The molecule has 14 heavy (non-hydrogen) atoms. The van der Waals surface area contributed by atoms with Gasteiger partial charge in [-0.2, -0.15) is 0 Å². The van der Waals surface area contributed by atoms with Crippen LogP contribution < -0.4 is 5.73 Å². The van der Waals surface area contributed by atoms with Crippen LogP contribution in [0.4, 0.5) is 0 Å². The molecule has 2 nitrogen and oxygen atoms in total. The highest BCUT2D eigenvalue weighted by Crippen LogP contribution is 2.15. The Kier molecular flexibility index (Phi) is 3.96. The molecule has 0 aliphatic carbocycles. The molecule has 0 aromatic heterocycles. The van der Waals surface area contributed by atoms with Gasteiger partial charge in [-0.25, -0.2) is 0 Å². The second kappa shape index (κ2) is 5.01. The van der Waals surface area contributed by atoms with Gasteiger partial charge in [-0.1, -0.05) is 26.0 Å². The molecule has 78 valence electrons. The van der Waals surface area contributed by atoms with Crippen LogP contribution in [-0.4, -0.2) is 11.1 Å². The first-order chi connectivity index (χ1) is 6.63. The number of rotatable bonds is 4. The van der Waals surface area contributed by atoms with Gasteiger partial charge in [0, 0.05) is 6.04 Å². The van der Waals surface area contributed by atoms with E-state index in [0.717, 1.165) is 12.8 Å². The average Bonchev–Trinajstić information content (AvgIpc) is 2.20. The normalized spacial score (nSPS) is 15.1. The highest BCUT2D eigenvalue weighted by molar-refractivity contribution is 5.26. The number of benzene rings is 1. The molecule has 0 heterocycles. The van der Waals surface area contributed by atoms with Crippen LogP contribution in [0.3, 0.4) is 0 Å². The molecule has 0 radical (unpaired) electrons. The van der Waals surface area contributed by atoms with Gasteiger partial charge in [0.1, 0.15) is 5.75 Å². The molecule has 0 saturated heterocycles. The molecule has 1 rings (SSSR count). The number of aromatic hydroxyl groups is 1. The predicted octanol–water partition coefficient (Wildman–Crippen LogP) is 2.31. The molecular formula is C12H19NO. The summed E-state index contributed by atoms with van der Waals surface area (Å²) in [7, 11) is 0. The number of hydrogen-bond acceptors (Lipinski definition) is 2. The molecule has 2 unspecified atom stereocenters. The van der Waals surface area contributed by atoms with Gasteiger partial charge in [0.2, 0.25) is 0 Å². The minimum Gasteiger partial charge on any atom is -0.508 e. The second-order valence-corrected chi connectivity index (χ2v) is 3.92. The van der Waals surface area contributed by atoms with Crippen molar-refractivity contribution in [2.45, 2.75) is 32.7 Å². The molecular weight excluding hydrogens is 174 g/mol. The predicted molar refractivity (Wildman–Crippen MR) is 59.2 cm³/mol. The molecule has 0 aliphatic rings. The summed E-state index contributed by atoms with van der Waals surface area (Å²) in [6.45, 7) is 4.28. The fraction of sp³-hybridized carbons (Fsp3) is 0.500. The van der Waals surface area contributed by atoms with Crippen molar-refractivity contribution in [1.82, 2.24) is 0 Å². The summed E-state index contributed by atoms with van der Waals surface area (Å²) in [4.78, 5) is 0. The van der Waals surface area contributed by atoms with Crippen molar-refractivity contribution < 1.29 is 5.11 Å². The van der Waals surface area contributed by atoms with Gasteiger partial charge in [0.25, 0.3) is 0 Å². The van der Waals surface area contributed by atoms with E-state index in [0.29, 0.717) is 11.7 Å².